The number of aromatic nitrogens is 1. The minimum absolute atomic E-state index is 1.14. The van der Waals surface area contributed by atoms with E-state index in [2.05, 4.69) is 0 Å². The van der Waals surface area contributed by atoms with Crippen molar-refractivity contribution < 1.29 is 8.98 Å². The van der Waals surface area contributed by atoms with E-state index < -0.39 is 0 Å². The summed E-state index contributed by atoms with van der Waals surface area (Å²) in [5.74, 6) is 0. The molecule has 0 saturated heterocycles. The first-order valence-electron chi connectivity index (χ1n) is 4.19. The van der Waals surface area contributed by atoms with Crippen LogP contribution in [-0.4, -0.2) is 0 Å². The highest BCUT2D eigenvalue weighted by molar-refractivity contribution is 4.74. The van der Waals surface area contributed by atoms with Gasteiger partial charge in [0.05, 0.1) is 0 Å². The molecule has 1 rings (SSSR count). The van der Waals surface area contributed by atoms with Gasteiger partial charge in [-0.25, -0.2) is 0 Å². The number of hydrogen-bond donors (Lipinski definition) is 0. The molecular weight excluding hydrogens is 138 g/mol. The van der Waals surface area contributed by atoms with Gasteiger partial charge >= 0.3 is 6.39 Å². The summed E-state index contributed by atoms with van der Waals surface area (Å²) in [6.45, 7) is 9.99. The Hall–Kier alpha value is -0.790. The van der Waals surface area contributed by atoms with Crippen LogP contribution in [0.2, 0.25) is 0 Å². The standard InChI is InChI=1S/C5H8NO.2C2H6/c1-5-3-7-4-6(5)2;2*1-2/h3-4H,1-2H3;2*1-2H3/q+1;;. The highest BCUT2D eigenvalue weighted by Crippen LogP contribution is 1.83. The SMILES string of the molecule is CC.CC.Cc1coc[n+]1C. The first-order valence-corrected chi connectivity index (χ1v) is 4.19. The van der Waals surface area contributed by atoms with Crippen LogP contribution in [0.5, 0.6) is 0 Å². The maximum Gasteiger partial charge on any atom is 0.334 e. The molecule has 0 atom stereocenters. The van der Waals surface area contributed by atoms with Gasteiger partial charge in [0.1, 0.15) is 7.05 Å². The summed E-state index contributed by atoms with van der Waals surface area (Å²) in [7, 11) is 1.94. The van der Waals surface area contributed by atoms with Crippen LogP contribution in [0.4, 0.5) is 0 Å². The van der Waals surface area contributed by atoms with E-state index in [1.165, 1.54) is 0 Å². The molecule has 0 N–H and O–H groups in total. The van der Waals surface area contributed by atoms with Crippen molar-refractivity contribution in [1.82, 2.24) is 0 Å². The lowest BCUT2D eigenvalue weighted by atomic mass is 10.6. The van der Waals surface area contributed by atoms with Gasteiger partial charge in [0, 0.05) is 6.92 Å². The minimum atomic E-state index is 1.14. The van der Waals surface area contributed by atoms with Crippen LogP contribution in [0.1, 0.15) is 33.4 Å². The molecule has 0 spiro atoms. The third-order valence-corrected chi connectivity index (χ3v) is 1.01. The molecule has 0 unspecified atom stereocenters. The summed E-state index contributed by atoms with van der Waals surface area (Å²) in [6.07, 6.45) is 3.37. The molecule has 1 aromatic heterocycles. The van der Waals surface area contributed by atoms with E-state index in [-0.39, 0.29) is 0 Å². The molecule has 0 aliphatic heterocycles. The smallest absolute Gasteiger partial charge is 0.334 e. The molecule has 0 fully saturated rings. The Bertz CT molecular complexity index is 142. The number of nitrogens with zero attached hydrogens (tertiary/aromatic N) is 1. The van der Waals surface area contributed by atoms with Crippen molar-refractivity contribution in [1.29, 1.82) is 0 Å². The van der Waals surface area contributed by atoms with Gasteiger partial charge in [0.15, 0.2) is 6.26 Å². The molecule has 0 aromatic carbocycles. The second-order valence-electron chi connectivity index (χ2n) is 1.61. The van der Waals surface area contributed by atoms with Gasteiger partial charge in [-0.05, 0) is 0 Å². The molecule has 1 aromatic rings. The maximum atomic E-state index is 4.81. The number of aryl methyl sites for hydroxylation is 2. The summed E-state index contributed by atoms with van der Waals surface area (Å²) in [4.78, 5) is 0. The largest absolute Gasteiger partial charge is 0.412 e. The average molecular weight is 158 g/mol. The van der Waals surface area contributed by atoms with Crippen LogP contribution in [-0.2, 0) is 7.05 Å². The monoisotopic (exact) mass is 158 g/mol. The van der Waals surface area contributed by atoms with E-state index in [0.29, 0.717) is 0 Å². The van der Waals surface area contributed by atoms with Crippen LogP contribution in [0.15, 0.2) is 17.1 Å². The summed E-state index contributed by atoms with van der Waals surface area (Å²) < 4.78 is 6.72. The Morgan fingerprint density at radius 3 is 1.73 bits per heavy atom. The normalized spacial score (nSPS) is 7.09. The fourth-order valence-corrected chi connectivity index (χ4v) is 0.386. The number of oxazole rings is 1. The first-order chi connectivity index (χ1) is 5.30. The quantitative estimate of drug-likeness (QED) is 0.530. The molecule has 1 heterocycles. The van der Waals surface area contributed by atoms with Crippen molar-refractivity contribution in [3.63, 3.8) is 0 Å². The van der Waals surface area contributed by atoms with Crippen molar-refractivity contribution >= 4 is 0 Å². The van der Waals surface area contributed by atoms with Crippen molar-refractivity contribution in [3.05, 3.63) is 18.4 Å². The lowest BCUT2D eigenvalue weighted by Gasteiger charge is -1.71. The summed E-state index contributed by atoms with van der Waals surface area (Å²) in [6, 6.07) is 0. The van der Waals surface area contributed by atoms with Gasteiger partial charge < -0.3 is 4.42 Å². The summed E-state index contributed by atoms with van der Waals surface area (Å²) >= 11 is 0. The zero-order valence-electron chi connectivity index (χ0n) is 8.51. The predicted molar refractivity (Wildman–Crippen MR) is 47.3 cm³/mol. The molecule has 0 amide bonds. The average Bonchev–Trinajstić information content (AvgIpc) is 2.44. The van der Waals surface area contributed by atoms with Gasteiger partial charge in [0.25, 0.3) is 0 Å². The van der Waals surface area contributed by atoms with Gasteiger partial charge in [-0.3, -0.25) is 0 Å². The number of hydrogen-bond acceptors (Lipinski definition) is 1. The molecule has 2 heteroatoms. The van der Waals surface area contributed by atoms with Crippen LogP contribution in [0.3, 0.4) is 0 Å². The fourth-order valence-electron chi connectivity index (χ4n) is 0.386. The van der Waals surface area contributed by atoms with Gasteiger partial charge in [0.2, 0.25) is 5.69 Å². The van der Waals surface area contributed by atoms with E-state index in [0.717, 1.165) is 5.69 Å². The molecule has 66 valence electrons. The second kappa shape index (κ2) is 9.21. The molecule has 11 heavy (non-hydrogen) atoms. The van der Waals surface area contributed by atoms with E-state index in [4.69, 9.17) is 4.42 Å². The molecular formula is C9H20NO+. The lowest BCUT2D eigenvalue weighted by molar-refractivity contribution is -0.680. The minimum Gasteiger partial charge on any atom is -0.412 e. The number of rotatable bonds is 0. The molecule has 0 aliphatic rings. The van der Waals surface area contributed by atoms with E-state index >= 15 is 0 Å². The van der Waals surface area contributed by atoms with E-state index in [1.54, 1.807) is 12.7 Å². The first kappa shape index (κ1) is 12.8. The third-order valence-electron chi connectivity index (χ3n) is 1.01. The second-order valence-corrected chi connectivity index (χ2v) is 1.61. The zero-order chi connectivity index (χ0) is 9.28. The van der Waals surface area contributed by atoms with Crippen molar-refractivity contribution in [2.24, 2.45) is 7.05 Å². The van der Waals surface area contributed by atoms with E-state index in [1.807, 2.05) is 46.2 Å². The van der Waals surface area contributed by atoms with Gasteiger partial charge in [-0.15, -0.1) is 0 Å². The fraction of sp³-hybridized carbons (Fsp3) is 0.667. The Morgan fingerprint density at radius 2 is 1.64 bits per heavy atom. The topological polar surface area (TPSA) is 17.0 Å². The van der Waals surface area contributed by atoms with Gasteiger partial charge in [-0.1, -0.05) is 27.7 Å². The maximum absolute atomic E-state index is 4.81. The third kappa shape index (κ3) is 5.64. The Labute approximate surface area is 69.9 Å². The molecule has 2 nitrogen and oxygen atoms in total. The lowest BCUT2D eigenvalue weighted by Crippen LogP contribution is -2.27. The molecule has 0 radical (unpaired) electrons. The van der Waals surface area contributed by atoms with Crippen molar-refractivity contribution in [2.75, 3.05) is 0 Å². The summed E-state index contributed by atoms with van der Waals surface area (Å²) in [5.41, 5.74) is 1.14. The highest BCUT2D eigenvalue weighted by Gasteiger charge is 1.97. The zero-order valence-corrected chi connectivity index (χ0v) is 8.51. The van der Waals surface area contributed by atoms with Crippen molar-refractivity contribution in [2.45, 2.75) is 34.6 Å². The Morgan fingerprint density at radius 1 is 1.18 bits per heavy atom. The van der Waals surface area contributed by atoms with Crippen LogP contribution < -0.4 is 4.57 Å². The van der Waals surface area contributed by atoms with E-state index in [9.17, 15) is 0 Å². The summed E-state index contributed by atoms with van der Waals surface area (Å²) in [5, 5.41) is 0. The van der Waals surface area contributed by atoms with Crippen LogP contribution >= 0.6 is 0 Å². The van der Waals surface area contributed by atoms with Crippen LogP contribution in [0, 0.1) is 6.92 Å². The Kier molecular flexibility index (Phi) is 10.8. The highest BCUT2D eigenvalue weighted by atomic mass is 16.3. The Balaban J connectivity index is 0. The van der Waals surface area contributed by atoms with Crippen molar-refractivity contribution in [3.8, 4) is 0 Å². The molecule has 0 aliphatic carbocycles. The van der Waals surface area contributed by atoms with Crippen LogP contribution in [0.25, 0.3) is 0 Å². The predicted octanol–water partition coefficient (Wildman–Crippen LogP) is 2.46. The molecule has 0 bridgehead atoms. The van der Waals surface area contributed by atoms with Gasteiger partial charge in [-0.2, -0.15) is 4.57 Å². The molecule has 0 saturated carbocycles.